The Kier molecular flexibility index (Phi) is 5.04. The van der Waals surface area contributed by atoms with Gasteiger partial charge in [-0.15, -0.1) is 0 Å². The Hall–Kier alpha value is -2.06. The number of carbonyl (C=O) groups is 1. The van der Waals surface area contributed by atoms with Gasteiger partial charge in [0, 0.05) is 7.11 Å². The first-order valence-corrected chi connectivity index (χ1v) is 7.49. The number of ether oxygens (including phenoxy) is 2. The molecule has 1 N–H and O–H groups in total. The van der Waals surface area contributed by atoms with Crippen LogP contribution in [0.1, 0.15) is 38.2 Å². The lowest BCUT2D eigenvalue weighted by Crippen LogP contribution is -2.48. The first-order valence-electron chi connectivity index (χ1n) is 7.49. The number of anilines is 1. The number of carbonyl (C=O) groups excluding carboxylic acids is 1. The second-order valence-corrected chi connectivity index (χ2v) is 5.88. The molecular formula is C17H22N2O3. The molecule has 0 aliphatic heterocycles. The Morgan fingerprint density at radius 2 is 2.23 bits per heavy atom. The third kappa shape index (κ3) is 3.23. The Morgan fingerprint density at radius 1 is 1.45 bits per heavy atom. The van der Waals surface area contributed by atoms with Gasteiger partial charge in [-0.3, -0.25) is 4.79 Å². The summed E-state index contributed by atoms with van der Waals surface area (Å²) < 4.78 is 10.7. The van der Waals surface area contributed by atoms with Gasteiger partial charge in [-0.1, -0.05) is 13.3 Å². The molecule has 1 aromatic rings. The molecule has 2 rings (SSSR count). The Balaban J connectivity index is 2.22. The molecule has 0 heterocycles. The molecule has 0 spiro atoms. The van der Waals surface area contributed by atoms with Crippen molar-refractivity contribution in [2.45, 2.75) is 38.2 Å². The van der Waals surface area contributed by atoms with Crippen LogP contribution in [0.2, 0.25) is 0 Å². The molecule has 0 radical (unpaired) electrons. The quantitative estimate of drug-likeness (QED) is 0.927. The van der Waals surface area contributed by atoms with Crippen LogP contribution >= 0.6 is 0 Å². The largest absolute Gasteiger partial charge is 0.497 e. The van der Waals surface area contributed by atoms with E-state index < -0.39 is 5.60 Å². The lowest BCUT2D eigenvalue weighted by molar-refractivity contribution is -0.143. The summed E-state index contributed by atoms with van der Waals surface area (Å²) in [6, 6.07) is 7.10. The minimum absolute atomic E-state index is 0.178. The van der Waals surface area contributed by atoms with Gasteiger partial charge in [-0.05, 0) is 43.4 Å². The maximum absolute atomic E-state index is 12.7. The number of amides is 1. The van der Waals surface area contributed by atoms with Crippen LogP contribution in [0.5, 0.6) is 5.75 Å². The minimum Gasteiger partial charge on any atom is -0.497 e. The van der Waals surface area contributed by atoms with Gasteiger partial charge in [0.25, 0.3) is 5.91 Å². The third-order valence-electron chi connectivity index (χ3n) is 4.36. The molecule has 0 aromatic heterocycles. The lowest BCUT2D eigenvalue weighted by atomic mass is 9.78. The number of nitrogens with zero attached hydrogens (tertiary/aromatic N) is 1. The second kappa shape index (κ2) is 6.80. The van der Waals surface area contributed by atoms with Gasteiger partial charge in [0.2, 0.25) is 0 Å². The van der Waals surface area contributed by atoms with Crippen LogP contribution in [0.4, 0.5) is 5.69 Å². The van der Waals surface area contributed by atoms with Crippen LogP contribution in [0.3, 0.4) is 0 Å². The molecule has 1 aliphatic carbocycles. The molecule has 1 aliphatic rings. The van der Waals surface area contributed by atoms with Gasteiger partial charge in [0.05, 0.1) is 18.4 Å². The maximum Gasteiger partial charge on any atom is 0.256 e. The fourth-order valence-corrected chi connectivity index (χ4v) is 3.08. The van der Waals surface area contributed by atoms with Gasteiger partial charge >= 0.3 is 0 Å². The molecule has 5 heteroatoms. The van der Waals surface area contributed by atoms with E-state index in [9.17, 15) is 10.1 Å². The number of rotatable bonds is 4. The summed E-state index contributed by atoms with van der Waals surface area (Å²) in [4.78, 5) is 12.7. The smallest absolute Gasteiger partial charge is 0.256 e. The summed E-state index contributed by atoms with van der Waals surface area (Å²) in [6.07, 6.45) is 3.49. The van der Waals surface area contributed by atoms with Crippen molar-refractivity contribution in [1.82, 2.24) is 0 Å². The Bertz CT molecular complexity index is 594. The van der Waals surface area contributed by atoms with E-state index in [2.05, 4.69) is 18.3 Å². The fourth-order valence-electron chi connectivity index (χ4n) is 3.08. The predicted octanol–water partition coefficient (Wildman–Crippen LogP) is 3.10. The highest BCUT2D eigenvalue weighted by Gasteiger charge is 2.42. The molecule has 1 saturated carbocycles. The van der Waals surface area contributed by atoms with Crippen molar-refractivity contribution >= 4 is 11.6 Å². The highest BCUT2D eigenvalue weighted by Crippen LogP contribution is 2.36. The first-order chi connectivity index (χ1) is 10.5. The average Bonchev–Trinajstić information content (AvgIpc) is 2.54. The normalized spacial score (nSPS) is 24.4. The zero-order chi connectivity index (χ0) is 16.2. The number of nitrogens with one attached hydrogen (secondary N) is 1. The van der Waals surface area contributed by atoms with Crippen molar-refractivity contribution in [2.75, 3.05) is 19.5 Å². The molecule has 0 saturated heterocycles. The highest BCUT2D eigenvalue weighted by atomic mass is 16.5. The van der Waals surface area contributed by atoms with Crippen LogP contribution < -0.4 is 10.1 Å². The monoisotopic (exact) mass is 302 g/mol. The fraction of sp³-hybridized carbons (Fsp3) is 0.529. The highest BCUT2D eigenvalue weighted by molar-refractivity contribution is 5.98. The summed E-state index contributed by atoms with van der Waals surface area (Å²) in [5.41, 5.74) is 0.0652. The van der Waals surface area contributed by atoms with E-state index in [1.165, 1.54) is 7.11 Å². The molecule has 2 atom stereocenters. The first kappa shape index (κ1) is 16.3. The minimum atomic E-state index is -0.801. The summed E-state index contributed by atoms with van der Waals surface area (Å²) in [7, 11) is 3.12. The zero-order valence-corrected chi connectivity index (χ0v) is 13.3. The van der Waals surface area contributed by atoms with Gasteiger partial charge in [0.1, 0.15) is 17.4 Å². The summed E-state index contributed by atoms with van der Waals surface area (Å²) >= 11 is 0. The van der Waals surface area contributed by atoms with E-state index in [4.69, 9.17) is 9.47 Å². The van der Waals surface area contributed by atoms with Crippen molar-refractivity contribution in [3.05, 3.63) is 23.8 Å². The second-order valence-electron chi connectivity index (χ2n) is 5.88. The molecule has 22 heavy (non-hydrogen) atoms. The molecule has 1 amide bonds. The zero-order valence-electron chi connectivity index (χ0n) is 13.3. The van der Waals surface area contributed by atoms with Gasteiger partial charge < -0.3 is 14.8 Å². The third-order valence-corrected chi connectivity index (χ3v) is 4.36. The van der Waals surface area contributed by atoms with Crippen molar-refractivity contribution in [1.29, 1.82) is 5.26 Å². The number of hydrogen-bond acceptors (Lipinski definition) is 4. The van der Waals surface area contributed by atoms with E-state index >= 15 is 0 Å². The number of hydrogen-bond donors (Lipinski definition) is 1. The molecule has 1 aromatic carbocycles. The predicted molar refractivity (Wildman–Crippen MR) is 83.7 cm³/mol. The summed E-state index contributed by atoms with van der Waals surface area (Å²) in [6.45, 7) is 2.13. The average molecular weight is 302 g/mol. The molecule has 5 nitrogen and oxygen atoms in total. The van der Waals surface area contributed by atoms with E-state index in [0.717, 1.165) is 12.8 Å². The number of benzene rings is 1. The van der Waals surface area contributed by atoms with Crippen molar-refractivity contribution in [3.63, 3.8) is 0 Å². The van der Waals surface area contributed by atoms with Gasteiger partial charge in [-0.2, -0.15) is 5.26 Å². The van der Waals surface area contributed by atoms with Crippen LogP contribution in [-0.4, -0.2) is 25.7 Å². The van der Waals surface area contributed by atoms with Gasteiger partial charge in [0.15, 0.2) is 0 Å². The molecule has 0 bridgehead atoms. The van der Waals surface area contributed by atoms with E-state index in [0.29, 0.717) is 35.8 Å². The van der Waals surface area contributed by atoms with Crippen LogP contribution in [0.15, 0.2) is 18.2 Å². The van der Waals surface area contributed by atoms with Crippen molar-refractivity contribution in [3.8, 4) is 11.8 Å². The summed E-state index contributed by atoms with van der Waals surface area (Å²) in [5, 5.41) is 12.1. The summed E-state index contributed by atoms with van der Waals surface area (Å²) in [5.74, 6) is 0.858. The van der Waals surface area contributed by atoms with Crippen LogP contribution in [0, 0.1) is 17.2 Å². The van der Waals surface area contributed by atoms with Gasteiger partial charge in [-0.25, -0.2) is 0 Å². The number of nitriles is 1. The van der Waals surface area contributed by atoms with Crippen molar-refractivity contribution in [2.24, 2.45) is 5.92 Å². The lowest BCUT2D eigenvalue weighted by Gasteiger charge is -2.37. The standard InChI is InChI=1S/C17H22N2O3/c1-12-5-4-8-17(10-12,22-3)16(20)19-15-7-6-14(21-2)9-13(15)11-18/h6-7,9,12H,4-5,8,10H2,1-3H3,(H,19,20). The van der Waals surface area contributed by atoms with Crippen molar-refractivity contribution < 1.29 is 14.3 Å². The van der Waals surface area contributed by atoms with Crippen LogP contribution in [-0.2, 0) is 9.53 Å². The Morgan fingerprint density at radius 3 is 2.82 bits per heavy atom. The molecular weight excluding hydrogens is 280 g/mol. The molecule has 2 unspecified atom stereocenters. The topological polar surface area (TPSA) is 71.3 Å². The maximum atomic E-state index is 12.7. The molecule has 118 valence electrons. The van der Waals surface area contributed by atoms with E-state index in [1.807, 2.05) is 0 Å². The van der Waals surface area contributed by atoms with E-state index in [-0.39, 0.29) is 5.91 Å². The van der Waals surface area contributed by atoms with Crippen LogP contribution in [0.25, 0.3) is 0 Å². The van der Waals surface area contributed by atoms with E-state index in [1.54, 1.807) is 25.3 Å². The SMILES string of the molecule is COc1ccc(NC(=O)C2(OC)CCCC(C)C2)c(C#N)c1. The molecule has 1 fully saturated rings. The Labute approximate surface area is 131 Å². The number of methoxy groups -OCH3 is 2.